The molecular weight excluding hydrogens is 652 g/mol. The predicted octanol–water partition coefficient (Wildman–Crippen LogP) is 0.745. The molecule has 1 aromatic heterocycles. The molecule has 3 N–H and O–H groups in total. The molecule has 2 aliphatic rings. The quantitative estimate of drug-likeness (QED) is 0.255. The Hall–Kier alpha value is -5.29. The number of ether oxygens (including phenoxy) is 2. The molecule has 266 valence electrons. The van der Waals surface area contributed by atoms with E-state index in [0.717, 1.165) is 0 Å². The second-order valence-electron chi connectivity index (χ2n) is 11.3. The molecular formula is C31H39F2N7O9. The van der Waals surface area contributed by atoms with E-state index in [9.17, 15) is 42.7 Å². The fraction of sp³-hybridized carbons (Fsp3) is 0.516. The van der Waals surface area contributed by atoms with Crippen molar-refractivity contribution in [2.45, 2.75) is 38.7 Å². The van der Waals surface area contributed by atoms with Crippen molar-refractivity contribution in [3.63, 3.8) is 0 Å². The van der Waals surface area contributed by atoms with Gasteiger partial charge in [-0.15, -0.1) is 0 Å². The Labute approximate surface area is 280 Å². The van der Waals surface area contributed by atoms with Crippen LogP contribution in [0.25, 0.3) is 5.69 Å². The average molecular weight is 692 g/mol. The summed E-state index contributed by atoms with van der Waals surface area (Å²) in [4.78, 5) is 79.7. The highest BCUT2D eigenvalue weighted by molar-refractivity contribution is 5.96. The summed E-state index contributed by atoms with van der Waals surface area (Å²) in [6.45, 7) is 1.62. The second-order valence-corrected chi connectivity index (χ2v) is 11.3. The molecule has 2 fully saturated rings. The Kier molecular flexibility index (Phi) is 12.8. The van der Waals surface area contributed by atoms with Crippen LogP contribution in [-0.2, 0) is 23.9 Å². The van der Waals surface area contributed by atoms with Crippen LogP contribution in [0.3, 0.4) is 0 Å². The topological polar surface area (TPSA) is 193 Å². The number of nitrogens with zero attached hydrogens (tertiary/aromatic N) is 5. The molecule has 1 unspecified atom stereocenters. The van der Waals surface area contributed by atoms with Gasteiger partial charge in [0.05, 0.1) is 24.8 Å². The average Bonchev–Trinajstić information content (AvgIpc) is 3.77. The van der Waals surface area contributed by atoms with Gasteiger partial charge in [0.25, 0.3) is 18.2 Å². The number of carbonyl (C=O) groups excluding carboxylic acids is 5. The number of aromatic nitrogens is 2. The first-order valence-corrected chi connectivity index (χ1v) is 15.8. The van der Waals surface area contributed by atoms with Gasteiger partial charge in [-0.25, -0.2) is 18.3 Å². The number of benzene rings is 1. The lowest BCUT2D eigenvalue weighted by Gasteiger charge is -2.35. The molecule has 0 radical (unpaired) electrons. The summed E-state index contributed by atoms with van der Waals surface area (Å²) in [5.41, 5.74) is 0.308. The third-order valence-electron chi connectivity index (χ3n) is 7.96. The molecule has 0 spiro atoms. The van der Waals surface area contributed by atoms with Crippen molar-refractivity contribution in [1.82, 2.24) is 35.1 Å². The lowest BCUT2D eigenvalue weighted by atomic mass is 10.1. The lowest BCUT2D eigenvalue weighted by molar-refractivity contribution is -0.138. The smallest absolute Gasteiger partial charge is 0.409 e. The van der Waals surface area contributed by atoms with Gasteiger partial charge in [-0.3, -0.25) is 24.0 Å². The fourth-order valence-electron chi connectivity index (χ4n) is 5.38. The second kappa shape index (κ2) is 17.2. The summed E-state index contributed by atoms with van der Waals surface area (Å²) < 4.78 is 37.0. The van der Waals surface area contributed by atoms with Crippen LogP contribution in [0.15, 0.2) is 36.4 Å². The zero-order chi connectivity index (χ0) is 35.5. The molecule has 2 aliphatic heterocycles. The highest BCUT2D eigenvalue weighted by Crippen LogP contribution is 2.22. The van der Waals surface area contributed by atoms with Crippen LogP contribution in [-0.4, -0.2) is 137 Å². The van der Waals surface area contributed by atoms with Gasteiger partial charge in [-0.2, -0.15) is 5.10 Å². The number of amides is 5. The number of carbonyl (C=O) groups is 6. The van der Waals surface area contributed by atoms with Gasteiger partial charge in [0.1, 0.15) is 6.04 Å². The summed E-state index contributed by atoms with van der Waals surface area (Å²) in [5.74, 6) is -4.13. The van der Waals surface area contributed by atoms with Crippen LogP contribution < -0.4 is 15.4 Å². The SMILES string of the molecule is CCOC(=O)N1CCN(C(=O)[C@H](CCC(=O)O)NC(=O)c2cc(OCC(=O)N3CCC(C(=O)NCC(F)F)C3)n(-c3ccccc3)n2)CC1. The van der Waals surface area contributed by atoms with E-state index in [1.54, 1.807) is 37.3 Å². The van der Waals surface area contributed by atoms with Crippen molar-refractivity contribution in [3.05, 3.63) is 42.1 Å². The molecule has 2 atom stereocenters. The molecule has 3 heterocycles. The summed E-state index contributed by atoms with van der Waals surface area (Å²) in [6, 6.07) is 8.62. The maximum atomic E-state index is 13.4. The van der Waals surface area contributed by atoms with E-state index in [-0.39, 0.29) is 63.9 Å². The van der Waals surface area contributed by atoms with Gasteiger partial charge >= 0.3 is 12.1 Å². The third-order valence-corrected chi connectivity index (χ3v) is 7.96. The van der Waals surface area contributed by atoms with Crippen molar-refractivity contribution in [2.24, 2.45) is 5.92 Å². The fourth-order valence-corrected chi connectivity index (χ4v) is 5.38. The van der Waals surface area contributed by atoms with E-state index in [4.69, 9.17) is 9.47 Å². The van der Waals surface area contributed by atoms with Crippen molar-refractivity contribution >= 4 is 35.7 Å². The van der Waals surface area contributed by atoms with E-state index < -0.39 is 73.6 Å². The molecule has 0 aliphatic carbocycles. The van der Waals surface area contributed by atoms with Crippen molar-refractivity contribution in [1.29, 1.82) is 0 Å². The minimum Gasteiger partial charge on any atom is -0.481 e. The Morgan fingerprint density at radius 1 is 1.00 bits per heavy atom. The Bertz CT molecular complexity index is 1500. The molecule has 49 heavy (non-hydrogen) atoms. The maximum absolute atomic E-state index is 13.4. The van der Waals surface area contributed by atoms with Crippen LogP contribution in [0, 0.1) is 5.92 Å². The summed E-state index contributed by atoms with van der Waals surface area (Å²) in [5, 5.41) is 18.4. The molecule has 2 aromatic rings. The number of aliphatic carboxylic acids is 1. The number of piperazine rings is 1. The predicted molar refractivity (Wildman–Crippen MR) is 166 cm³/mol. The minimum absolute atomic E-state index is 0.0126. The first-order valence-electron chi connectivity index (χ1n) is 15.8. The normalized spacial score (nSPS) is 16.7. The van der Waals surface area contributed by atoms with E-state index in [1.165, 1.54) is 25.4 Å². The molecule has 18 heteroatoms. The number of likely N-dealkylation sites (tertiary alicyclic amines) is 1. The summed E-state index contributed by atoms with van der Waals surface area (Å²) in [6.07, 6.45) is -3.49. The molecule has 2 saturated heterocycles. The largest absolute Gasteiger partial charge is 0.481 e. The molecule has 16 nitrogen and oxygen atoms in total. The molecule has 0 bridgehead atoms. The van der Waals surface area contributed by atoms with E-state index in [1.807, 2.05) is 0 Å². The highest BCUT2D eigenvalue weighted by atomic mass is 19.3. The van der Waals surface area contributed by atoms with Crippen molar-refractivity contribution < 1.29 is 52.1 Å². The van der Waals surface area contributed by atoms with Gasteiger partial charge < -0.3 is 39.9 Å². The first-order chi connectivity index (χ1) is 23.5. The van der Waals surface area contributed by atoms with Crippen molar-refractivity contribution in [3.8, 4) is 11.6 Å². The number of halogens is 2. The number of rotatable bonds is 14. The van der Waals surface area contributed by atoms with Crippen LogP contribution in [0.2, 0.25) is 0 Å². The molecule has 5 amide bonds. The van der Waals surface area contributed by atoms with E-state index in [2.05, 4.69) is 15.7 Å². The maximum Gasteiger partial charge on any atom is 0.409 e. The van der Waals surface area contributed by atoms with E-state index in [0.29, 0.717) is 12.1 Å². The van der Waals surface area contributed by atoms with Gasteiger partial charge in [0.2, 0.25) is 17.7 Å². The molecule has 4 rings (SSSR count). The summed E-state index contributed by atoms with van der Waals surface area (Å²) >= 11 is 0. The van der Waals surface area contributed by atoms with Gasteiger partial charge in [-0.05, 0) is 31.9 Å². The number of hydrogen-bond acceptors (Lipinski definition) is 9. The number of hydrogen-bond donors (Lipinski definition) is 3. The number of alkyl halides is 2. The number of carboxylic acid groups (broad SMARTS) is 1. The number of carboxylic acids is 1. The molecule has 0 saturated carbocycles. The van der Waals surface area contributed by atoms with Gasteiger partial charge in [0.15, 0.2) is 12.3 Å². The van der Waals surface area contributed by atoms with Crippen LogP contribution in [0.1, 0.15) is 36.7 Å². The van der Waals surface area contributed by atoms with Crippen LogP contribution in [0.4, 0.5) is 13.6 Å². The minimum atomic E-state index is -2.69. The van der Waals surface area contributed by atoms with Crippen LogP contribution in [0.5, 0.6) is 5.88 Å². The third kappa shape index (κ3) is 10.1. The Balaban J connectivity index is 1.44. The van der Waals surface area contributed by atoms with E-state index >= 15 is 0 Å². The number of para-hydroxylation sites is 1. The zero-order valence-electron chi connectivity index (χ0n) is 26.9. The Morgan fingerprint density at radius 2 is 1.69 bits per heavy atom. The number of nitrogens with one attached hydrogen (secondary N) is 2. The van der Waals surface area contributed by atoms with Crippen molar-refractivity contribution in [2.75, 3.05) is 59.0 Å². The zero-order valence-corrected chi connectivity index (χ0v) is 26.9. The standard InChI is InChI=1S/C31H39F2N7O9/c1-2-48-31(47)38-14-12-37(13-15-38)30(46)22(8-9-27(42)43)35-29(45)23-16-26(40(36-23)21-6-4-3-5-7-21)49-19-25(41)39-11-10-20(18-39)28(44)34-17-24(32)33/h3-7,16,20,22,24H,2,8-15,17-19H2,1H3,(H,34,44)(H,35,45)(H,42,43)/t20?,22-/m0/s1. The van der Waals surface area contributed by atoms with Gasteiger partial charge in [-0.1, -0.05) is 18.2 Å². The van der Waals surface area contributed by atoms with Gasteiger partial charge in [0, 0.05) is 51.8 Å². The monoisotopic (exact) mass is 691 g/mol. The summed E-state index contributed by atoms with van der Waals surface area (Å²) in [7, 11) is 0. The molecule has 1 aromatic carbocycles. The highest BCUT2D eigenvalue weighted by Gasteiger charge is 2.33. The van der Waals surface area contributed by atoms with Crippen LogP contribution >= 0.6 is 0 Å². The Morgan fingerprint density at radius 3 is 2.35 bits per heavy atom. The lowest BCUT2D eigenvalue weighted by Crippen LogP contribution is -2.56. The first kappa shape index (κ1) is 36.5.